The second-order valence-corrected chi connectivity index (χ2v) is 13.8. The van der Waals surface area contributed by atoms with E-state index in [2.05, 4.69) is 66.0 Å². The van der Waals surface area contributed by atoms with Gasteiger partial charge in [0.2, 0.25) is 0 Å². The summed E-state index contributed by atoms with van der Waals surface area (Å²) in [4.78, 5) is 26.5. The minimum Gasteiger partial charge on any atom is -0.459 e. The van der Waals surface area contributed by atoms with Crippen molar-refractivity contribution in [2.24, 2.45) is 17.8 Å². The molecule has 0 aliphatic carbocycles. The van der Waals surface area contributed by atoms with E-state index in [4.69, 9.17) is 9.47 Å². The number of nitrogens with one attached hydrogen (secondary N) is 2. The zero-order valence-electron chi connectivity index (χ0n) is 26.2. The standard InChI is InChI=1S/C35H50N2O4/c1-21(2)30-17-26(18-31(36-30)22(3)4)40-33(38)25-15-13-24(14-16-25)28-11-9-10-12-29(28)34(39)41-27-19-32(23(5)6)37-35(7,8)20-27/h9-16,21-23,26-27,30-32,36-37H,17-20H2,1-8H3. The molecular formula is C35H50N2O4. The Bertz CT molecular complexity index is 1170. The van der Waals surface area contributed by atoms with E-state index in [-0.39, 0.29) is 29.7 Å². The minimum atomic E-state index is -0.306. The molecule has 2 aromatic rings. The van der Waals surface area contributed by atoms with Crippen LogP contribution in [0.4, 0.5) is 0 Å². The maximum atomic E-state index is 13.4. The Morgan fingerprint density at radius 2 is 1.27 bits per heavy atom. The molecule has 2 aromatic carbocycles. The summed E-state index contributed by atoms with van der Waals surface area (Å²) < 4.78 is 12.1. The van der Waals surface area contributed by atoms with Gasteiger partial charge in [-0.3, -0.25) is 0 Å². The second kappa shape index (κ2) is 13.1. The molecule has 2 aliphatic heterocycles. The topological polar surface area (TPSA) is 76.7 Å². The third-order valence-electron chi connectivity index (χ3n) is 8.83. The summed E-state index contributed by atoms with van der Waals surface area (Å²) in [6.07, 6.45) is 2.98. The van der Waals surface area contributed by atoms with Crippen molar-refractivity contribution in [1.29, 1.82) is 0 Å². The first-order chi connectivity index (χ1) is 19.3. The fraction of sp³-hybridized carbons (Fsp3) is 0.600. The van der Waals surface area contributed by atoms with Gasteiger partial charge in [0.25, 0.3) is 0 Å². The highest BCUT2D eigenvalue weighted by molar-refractivity contribution is 5.98. The number of rotatable bonds is 8. The molecule has 0 bridgehead atoms. The van der Waals surface area contributed by atoms with Crippen molar-refractivity contribution in [3.63, 3.8) is 0 Å². The van der Waals surface area contributed by atoms with Gasteiger partial charge in [0.05, 0.1) is 11.1 Å². The smallest absolute Gasteiger partial charge is 0.339 e. The molecule has 0 radical (unpaired) electrons. The summed E-state index contributed by atoms with van der Waals surface area (Å²) in [5.74, 6) is 0.800. The highest BCUT2D eigenvalue weighted by Gasteiger charge is 2.37. The predicted octanol–water partition coefficient (Wildman–Crippen LogP) is 7.02. The summed E-state index contributed by atoms with van der Waals surface area (Å²) in [5.41, 5.74) is 2.62. The predicted molar refractivity (Wildman–Crippen MR) is 165 cm³/mol. The number of piperidine rings is 2. The van der Waals surface area contributed by atoms with Crippen LogP contribution < -0.4 is 10.6 Å². The van der Waals surface area contributed by atoms with E-state index < -0.39 is 0 Å². The molecule has 0 aromatic heterocycles. The van der Waals surface area contributed by atoms with Gasteiger partial charge in [-0.05, 0) is 60.9 Å². The van der Waals surface area contributed by atoms with Crippen molar-refractivity contribution in [2.75, 3.05) is 0 Å². The molecule has 4 atom stereocenters. The van der Waals surface area contributed by atoms with Crippen LogP contribution in [0.25, 0.3) is 11.1 Å². The van der Waals surface area contributed by atoms with Crippen LogP contribution in [0.5, 0.6) is 0 Å². The van der Waals surface area contributed by atoms with Gasteiger partial charge >= 0.3 is 11.9 Å². The molecule has 4 unspecified atom stereocenters. The summed E-state index contributed by atoms with van der Waals surface area (Å²) in [5, 5.41) is 7.43. The number of esters is 2. The molecule has 41 heavy (non-hydrogen) atoms. The Morgan fingerprint density at radius 3 is 1.85 bits per heavy atom. The van der Waals surface area contributed by atoms with Gasteiger partial charge < -0.3 is 20.1 Å². The lowest BCUT2D eigenvalue weighted by molar-refractivity contribution is 0.000274. The van der Waals surface area contributed by atoms with Crippen molar-refractivity contribution in [3.05, 3.63) is 59.7 Å². The Kier molecular flexibility index (Phi) is 9.97. The summed E-state index contributed by atoms with van der Waals surface area (Å²) in [6, 6.07) is 15.9. The van der Waals surface area contributed by atoms with Crippen LogP contribution in [0.3, 0.4) is 0 Å². The fourth-order valence-electron chi connectivity index (χ4n) is 6.32. The van der Waals surface area contributed by atoms with Crippen molar-refractivity contribution >= 4 is 11.9 Å². The van der Waals surface area contributed by atoms with E-state index in [1.165, 1.54) is 0 Å². The molecule has 0 saturated carbocycles. The Morgan fingerprint density at radius 1 is 0.732 bits per heavy atom. The Hall–Kier alpha value is -2.70. The number of carbonyl (C=O) groups excluding carboxylic acids is 2. The lowest BCUT2D eigenvalue weighted by atomic mass is 9.83. The highest BCUT2D eigenvalue weighted by atomic mass is 16.5. The number of benzene rings is 2. The maximum Gasteiger partial charge on any atom is 0.339 e. The number of carbonyl (C=O) groups is 2. The van der Waals surface area contributed by atoms with E-state index in [0.717, 1.165) is 36.8 Å². The van der Waals surface area contributed by atoms with Gasteiger partial charge in [-0.15, -0.1) is 0 Å². The zero-order valence-corrected chi connectivity index (χ0v) is 26.2. The first kappa shape index (κ1) is 31.2. The summed E-state index contributed by atoms with van der Waals surface area (Å²) in [7, 11) is 0. The van der Waals surface area contributed by atoms with E-state index in [0.29, 0.717) is 47.0 Å². The van der Waals surface area contributed by atoms with Gasteiger partial charge in [0.1, 0.15) is 12.2 Å². The van der Waals surface area contributed by atoms with Crippen LogP contribution in [0, 0.1) is 17.8 Å². The molecule has 6 heteroatoms. The van der Waals surface area contributed by atoms with Gasteiger partial charge in [-0.25, -0.2) is 9.59 Å². The van der Waals surface area contributed by atoms with Crippen LogP contribution >= 0.6 is 0 Å². The average Bonchev–Trinajstić information content (AvgIpc) is 2.92. The maximum absolute atomic E-state index is 13.4. The van der Waals surface area contributed by atoms with Gasteiger partial charge in [-0.1, -0.05) is 71.9 Å². The van der Waals surface area contributed by atoms with Crippen molar-refractivity contribution in [3.8, 4) is 11.1 Å². The molecule has 0 amide bonds. The molecule has 6 nitrogen and oxygen atoms in total. The Balaban J connectivity index is 1.45. The number of ether oxygens (including phenoxy) is 2. The monoisotopic (exact) mass is 562 g/mol. The zero-order chi connectivity index (χ0) is 29.9. The van der Waals surface area contributed by atoms with E-state index in [1.54, 1.807) is 12.1 Å². The number of hydrogen-bond donors (Lipinski definition) is 2. The molecule has 2 fully saturated rings. The molecule has 2 heterocycles. The van der Waals surface area contributed by atoms with E-state index in [9.17, 15) is 9.59 Å². The molecular weight excluding hydrogens is 512 g/mol. The second-order valence-electron chi connectivity index (χ2n) is 13.8. The summed E-state index contributed by atoms with van der Waals surface area (Å²) in [6.45, 7) is 17.6. The Labute approximate surface area is 247 Å². The molecule has 2 saturated heterocycles. The van der Waals surface area contributed by atoms with Gasteiger partial charge in [0.15, 0.2) is 0 Å². The molecule has 2 N–H and O–H groups in total. The third kappa shape index (κ3) is 7.98. The summed E-state index contributed by atoms with van der Waals surface area (Å²) >= 11 is 0. The van der Waals surface area contributed by atoms with Gasteiger partial charge in [0, 0.05) is 49.3 Å². The van der Waals surface area contributed by atoms with Crippen molar-refractivity contribution in [1.82, 2.24) is 10.6 Å². The lowest BCUT2D eigenvalue weighted by Crippen LogP contribution is -2.56. The SMILES string of the molecule is CC(C)C1CC(OC(=O)c2ccc(-c3ccccc3C(=O)OC3CC(C(C)C)NC(C)(C)C3)cc2)CC(C(C)C)N1. The quantitative estimate of drug-likeness (QED) is 0.337. The highest BCUT2D eigenvalue weighted by Crippen LogP contribution is 2.31. The molecule has 224 valence electrons. The molecule has 2 aliphatic rings. The largest absolute Gasteiger partial charge is 0.459 e. The molecule has 0 spiro atoms. The first-order valence-corrected chi connectivity index (χ1v) is 15.5. The van der Waals surface area contributed by atoms with Crippen molar-refractivity contribution in [2.45, 2.75) is 117 Å². The van der Waals surface area contributed by atoms with Crippen LogP contribution in [-0.2, 0) is 9.47 Å². The van der Waals surface area contributed by atoms with Crippen molar-refractivity contribution < 1.29 is 19.1 Å². The van der Waals surface area contributed by atoms with Gasteiger partial charge in [-0.2, -0.15) is 0 Å². The lowest BCUT2D eigenvalue weighted by Gasteiger charge is -2.42. The average molecular weight is 563 g/mol. The number of hydrogen-bond acceptors (Lipinski definition) is 6. The minimum absolute atomic E-state index is 0.0956. The van der Waals surface area contributed by atoms with E-state index >= 15 is 0 Å². The van der Waals surface area contributed by atoms with Crippen LogP contribution in [0.1, 0.15) is 102 Å². The van der Waals surface area contributed by atoms with Crippen LogP contribution in [0.2, 0.25) is 0 Å². The normalized spacial score (nSPS) is 26.3. The van der Waals surface area contributed by atoms with Crippen LogP contribution in [-0.4, -0.2) is 47.8 Å². The first-order valence-electron chi connectivity index (χ1n) is 15.5. The van der Waals surface area contributed by atoms with Crippen LogP contribution in [0.15, 0.2) is 48.5 Å². The third-order valence-corrected chi connectivity index (χ3v) is 8.83. The van der Waals surface area contributed by atoms with E-state index in [1.807, 2.05) is 36.4 Å². The molecule has 4 rings (SSSR count). The fourth-order valence-corrected chi connectivity index (χ4v) is 6.32.